The Morgan fingerprint density at radius 3 is 2.44 bits per heavy atom. The van der Waals surface area contributed by atoms with Gasteiger partial charge in [0.15, 0.2) is 11.0 Å². The number of aromatic nitrogens is 3. The Balaban J connectivity index is 0.000000260. The minimum atomic E-state index is -0.429. The molecular weight excluding hydrogens is 432 g/mol. The van der Waals surface area contributed by atoms with E-state index < -0.39 is 5.60 Å². The highest BCUT2D eigenvalue weighted by atomic mass is 79.9. The molecule has 0 amide bonds. The summed E-state index contributed by atoms with van der Waals surface area (Å²) < 4.78 is 2.47. The van der Waals surface area contributed by atoms with Crippen molar-refractivity contribution in [3.63, 3.8) is 0 Å². The van der Waals surface area contributed by atoms with Gasteiger partial charge in [0.25, 0.3) is 0 Å². The zero-order valence-corrected chi connectivity index (χ0v) is 17.7. The summed E-state index contributed by atoms with van der Waals surface area (Å²) in [7, 11) is 0. The molecule has 4 rings (SSSR count). The molecule has 0 bridgehead atoms. The predicted octanol–water partition coefficient (Wildman–Crippen LogP) is 6.17. The highest BCUT2D eigenvalue weighted by Crippen LogP contribution is 2.41. The molecule has 1 aromatic carbocycles. The zero-order valence-electron chi connectivity index (χ0n) is 15.3. The second kappa shape index (κ2) is 7.94. The van der Waals surface area contributed by atoms with Crippen molar-refractivity contribution in [1.82, 2.24) is 14.6 Å². The number of rotatable bonds is 3. The minimum absolute atomic E-state index is 0.429. The molecule has 1 aliphatic rings. The molecule has 1 saturated carbocycles. The van der Waals surface area contributed by atoms with Gasteiger partial charge in [-0.3, -0.25) is 0 Å². The highest BCUT2D eigenvalue weighted by Gasteiger charge is 2.25. The number of hydrogen-bond donors (Lipinski definition) is 0. The number of benzene rings is 1. The molecule has 0 N–H and O–H groups in total. The fourth-order valence-electron chi connectivity index (χ4n) is 2.57. The molecule has 0 spiro atoms. The molecule has 0 saturated heterocycles. The normalized spacial score (nSPS) is 13.8. The average Bonchev–Trinajstić information content (AvgIpc) is 3.36. The summed E-state index contributed by atoms with van der Waals surface area (Å²) in [5.41, 5.74) is 3.98. The van der Waals surface area contributed by atoms with E-state index in [1.165, 1.54) is 18.4 Å². The van der Waals surface area contributed by atoms with Crippen LogP contribution in [0.4, 0.5) is 0 Å². The summed E-state index contributed by atoms with van der Waals surface area (Å²) in [4.78, 5) is 18.1. The van der Waals surface area contributed by atoms with Gasteiger partial charge in [0, 0.05) is 16.8 Å². The van der Waals surface area contributed by atoms with Crippen molar-refractivity contribution in [2.24, 2.45) is 5.34 Å². The Labute approximate surface area is 171 Å². The maximum Gasteiger partial charge on any atom is 0.218 e. The Hall–Kier alpha value is -1.99. The number of fused-ring (bicyclic) bond motifs is 1. The van der Waals surface area contributed by atoms with Gasteiger partial charge in [0.05, 0.1) is 0 Å². The van der Waals surface area contributed by atoms with Gasteiger partial charge in [0.2, 0.25) is 4.73 Å². The van der Waals surface area contributed by atoms with Crippen LogP contribution in [0.3, 0.4) is 0 Å². The van der Waals surface area contributed by atoms with Crippen LogP contribution < -0.4 is 0 Å². The lowest BCUT2D eigenvalue weighted by Gasteiger charge is -2.11. The molecule has 3 aromatic rings. The van der Waals surface area contributed by atoms with Crippen molar-refractivity contribution in [2.45, 2.75) is 45.1 Å². The second-order valence-corrected chi connectivity index (χ2v) is 8.54. The van der Waals surface area contributed by atoms with Crippen molar-refractivity contribution in [3.05, 3.63) is 56.8 Å². The number of pyridine rings is 1. The van der Waals surface area contributed by atoms with E-state index in [-0.39, 0.29) is 0 Å². The lowest BCUT2D eigenvalue weighted by molar-refractivity contribution is -0.00229. The Morgan fingerprint density at radius 1 is 1.26 bits per heavy atom. The first-order valence-electron chi connectivity index (χ1n) is 8.59. The highest BCUT2D eigenvalue weighted by molar-refractivity contribution is 9.10. The summed E-state index contributed by atoms with van der Waals surface area (Å²) in [5.74, 6) is 0.674. The molecule has 0 unspecified atom stereocenters. The molecular formula is C19H20BrClN4O2. The third-order valence-corrected chi connectivity index (χ3v) is 4.53. The Kier molecular flexibility index (Phi) is 5.81. The van der Waals surface area contributed by atoms with Crippen molar-refractivity contribution in [1.29, 1.82) is 0 Å². The summed E-state index contributed by atoms with van der Waals surface area (Å²) in [6.07, 6.45) is 4.62. The maximum atomic E-state index is 9.35. The van der Waals surface area contributed by atoms with Crippen molar-refractivity contribution in [3.8, 4) is 11.1 Å². The smallest absolute Gasteiger partial charge is 0.218 e. The van der Waals surface area contributed by atoms with Gasteiger partial charge in [-0.2, -0.15) is 0 Å². The molecule has 0 radical (unpaired) electrons. The first-order chi connectivity index (χ1) is 12.8. The van der Waals surface area contributed by atoms with E-state index in [2.05, 4.69) is 48.5 Å². The van der Waals surface area contributed by atoms with Crippen LogP contribution in [0.1, 0.15) is 45.1 Å². The van der Waals surface area contributed by atoms with Crippen LogP contribution in [0.2, 0.25) is 5.02 Å². The molecule has 0 aliphatic heterocycles. The molecule has 142 valence electrons. The van der Waals surface area contributed by atoms with Gasteiger partial charge < -0.3 is 4.84 Å². The van der Waals surface area contributed by atoms with Gasteiger partial charge in [-0.25, -0.2) is 9.50 Å². The lowest BCUT2D eigenvalue weighted by Crippen LogP contribution is -2.14. The number of halogens is 2. The van der Waals surface area contributed by atoms with Crippen LogP contribution in [-0.4, -0.2) is 20.2 Å². The Morgan fingerprint density at radius 2 is 1.93 bits per heavy atom. The topological polar surface area (TPSA) is 68.8 Å². The molecule has 0 atom stereocenters. The van der Waals surface area contributed by atoms with Crippen LogP contribution in [0.5, 0.6) is 0 Å². The van der Waals surface area contributed by atoms with Crippen molar-refractivity contribution < 1.29 is 4.84 Å². The van der Waals surface area contributed by atoms with Crippen LogP contribution in [-0.2, 0) is 4.84 Å². The average molecular weight is 452 g/mol. The number of hydrogen-bond acceptors (Lipinski definition) is 5. The van der Waals surface area contributed by atoms with Gasteiger partial charge in [0.1, 0.15) is 5.60 Å². The summed E-state index contributed by atoms with van der Waals surface area (Å²) in [6, 6.07) is 10.1. The van der Waals surface area contributed by atoms with E-state index in [1.54, 1.807) is 20.8 Å². The van der Waals surface area contributed by atoms with Crippen molar-refractivity contribution >= 4 is 33.2 Å². The third-order valence-electron chi connectivity index (χ3n) is 3.94. The van der Waals surface area contributed by atoms with Gasteiger partial charge in [-0.05, 0) is 84.8 Å². The molecule has 6 nitrogen and oxygen atoms in total. The van der Waals surface area contributed by atoms with Gasteiger partial charge >= 0.3 is 0 Å². The van der Waals surface area contributed by atoms with E-state index >= 15 is 0 Å². The maximum absolute atomic E-state index is 9.35. The molecule has 27 heavy (non-hydrogen) atoms. The Bertz CT molecular complexity index is 947. The SMILES string of the molecule is CC(C)(C)ON=O.Clc1ccc(-c2cc(C3CC3)cn3nc(Br)nc23)cc1. The fraction of sp³-hybridized carbons (Fsp3) is 0.368. The molecule has 8 heteroatoms. The lowest BCUT2D eigenvalue weighted by atomic mass is 10.0. The zero-order chi connectivity index (χ0) is 19.6. The van der Waals surface area contributed by atoms with E-state index in [1.807, 2.05) is 28.8 Å². The largest absolute Gasteiger partial charge is 0.358 e. The molecule has 2 heterocycles. The summed E-state index contributed by atoms with van der Waals surface area (Å²) >= 11 is 9.33. The van der Waals surface area contributed by atoms with E-state index in [9.17, 15) is 4.91 Å². The van der Waals surface area contributed by atoms with Gasteiger partial charge in [-0.1, -0.05) is 23.7 Å². The first-order valence-corrected chi connectivity index (χ1v) is 9.76. The molecule has 2 aromatic heterocycles. The molecule has 1 aliphatic carbocycles. The van der Waals surface area contributed by atoms with E-state index in [0.29, 0.717) is 10.7 Å². The van der Waals surface area contributed by atoms with Crippen LogP contribution >= 0.6 is 27.5 Å². The summed E-state index contributed by atoms with van der Waals surface area (Å²) in [5, 5.41) is 7.38. The predicted molar refractivity (Wildman–Crippen MR) is 110 cm³/mol. The van der Waals surface area contributed by atoms with Crippen molar-refractivity contribution in [2.75, 3.05) is 0 Å². The standard InChI is InChI=1S/C15H11BrClN3.C4H9NO2/c16-15-18-14-13(10-3-5-12(17)6-4-10)7-11(9-1-2-9)8-20(14)19-15;1-4(2,3)7-5-6/h3-9H,1-2H2;1-3H3. The fourth-order valence-corrected chi connectivity index (χ4v) is 3.04. The third kappa shape index (κ3) is 5.26. The monoisotopic (exact) mass is 450 g/mol. The summed E-state index contributed by atoms with van der Waals surface area (Å²) in [6.45, 7) is 5.28. The number of nitrogens with zero attached hydrogens (tertiary/aromatic N) is 4. The second-order valence-electron chi connectivity index (χ2n) is 7.40. The first kappa shape index (κ1) is 19.8. The van der Waals surface area contributed by atoms with Crippen LogP contribution in [0, 0.1) is 4.91 Å². The minimum Gasteiger partial charge on any atom is -0.358 e. The quantitative estimate of drug-likeness (QED) is 0.352. The van der Waals surface area contributed by atoms with Crippen LogP contribution in [0.25, 0.3) is 16.8 Å². The van der Waals surface area contributed by atoms with Gasteiger partial charge in [-0.15, -0.1) is 10.0 Å². The molecule has 1 fully saturated rings. The van der Waals surface area contributed by atoms with E-state index in [4.69, 9.17) is 11.6 Å². The van der Waals surface area contributed by atoms with E-state index in [0.717, 1.165) is 21.8 Å². The van der Waals surface area contributed by atoms with Crippen LogP contribution in [0.15, 0.2) is 46.6 Å².